The number of carbonyl (C=O) groups is 1. The van der Waals surface area contributed by atoms with Crippen molar-refractivity contribution >= 4 is 34.1 Å². The molecule has 0 fully saturated rings. The second kappa shape index (κ2) is 6.62. The van der Waals surface area contributed by atoms with E-state index in [1.165, 1.54) is 16.2 Å². The molecule has 21 heavy (non-hydrogen) atoms. The fraction of sp³-hybridized carbons (Fsp3) is 0.375. The summed E-state index contributed by atoms with van der Waals surface area (Å²) in [6, 6.07) is 0. The van der Waals surface area contributed by atoms with E-state index in [0.29, 0.717) is 6.42 Å². The summed E-state index contributed by atoms with van der Waals surface area (Å²) in [5, 5.41) is 2.77. The van der Waals surface area contributed by atoms with Gasteiger partial charge in [0.05, 0.1) is 12.1 Å². The monoisotopic (exact) mass is 318 g/mol. The van der Waals surface area contributed by atoms with E-state index in [0.717, 1.165) is 41.5 Å². The third kappa shape index (κ3) is 3.47. The second-order valence-electron chi connectivity index (χ2n) is 5.09. The van der Waals surface area contributed by atoms with Gasteiger partial charge in [-0.3, -0.25) is 9.69 Å². The second-order valence-corrected chi connectivity index (χ2v) is 7.15. The first kappa shape index (κ1) is 14.6. The van der Waals surface area contributed by atoms with Crippen LogP contribution in [-0.2, 0) is 4.79 Å². The van der Waals surface area contributed by atoms with Crippen LogP contribution >= 0.6 is 23.1 Å². The number of thioether (sulfide) groups is 1. The summed E-state index contributed by atoms with van der Waals surface area (Å²) in [5.74, 6) is 1.21. The van der Waals surface area contributed by atoms with Gasteiger partial charge in [0.2, 0.25) is 5.91 Å². The zero-order valence-electron chi connectivity index (χ0n) is 12.0. The average Bonchev–Trinajstić information content (AvgIpc) is 3.13. The predicted molar refractivity (Wildman–Crippen MR) is 90.6 cm³/mol. The Kier molecular flexibility index (Phi) is 4.60. The average molecular weight is 318 g/mol. The van der Waals surface area contributed by atoms with Crippen molar-refractivity contribution in [3.63, 3.8) is 0 Å². The van der Waals surface area contributed by atoms with Gasteiger partial charge in [-0.2, -0.15) is 0 Å². The molecule has 2 aliphatic rings. The highest BCUT2D eigenvalue weighted by Gasteiger charge is 2.24. The molecule has 0 bridgehead atoms. The van der Waals surface area contributed by atoms with Gasteiger partial charge in [0.1, 0.15) is 0 Å². The molecule has 0 saturated carbocycles. The van der Waals surface area contributed by atoms with Crippen LogP contribution in [0.4, 0.5) is 5.13 Å². The molecular weight excluding hydrogens is 300 g/mol. The Balaban J connectivity index is 1.86. The Bertz CT molecular complexity index is 628. The molecule has 0 spiro atoms. The van der Waals surface area contributed by atoms with Crippen molar-refractivity contribution in [2.75, 3.05) is 10.7 Å². The number of nitrogens with zero attached hydrogens (tertiary/aromatic N) is 2. The summed E-state index contributed by atoms with van der Waals surface area (Å²) in [5.41, 5.74) is 1.92. The summed E-state index contributed by atoms with van der Waals surface area (Å²) < 4.78 is 0. The molecule has 5 heteroatoms. The van der Waals surface area contributed by atoms with E-state index in [4.69, 9.17) is 0 Å². The first-order chi connectivity index (χ1) is 10.2. The van der Waals surface area contributed by atoms with Crippen molar-refractivity contribution in [3.8, 4) is 0 Å². The lowest BCUT2D eigenvalue weighted by atomic mass is 10.1. The Labute approximate surface area is 133 Å². The predicted octanol–water partition coefficient (Wildman–Crippen LogP) is 4.43. The highest BCUT2D eigenvalue weighted by Crippen LogP contribution is 2.32. The van der Waals surface area contributed by atoms with E-state index in [2.05, 4.69) is 23.2 Å². The van der Waals surface area contributed by atoms with Crippen LogP contribution < -0.4 is 4.90 Å². The molecule has 3 nitrogen and oxygen atoms in total. The molecule has 2 heterocycles. The maximum absolute atomic E-state index is 12.8. The molecule has 3 rings (SSSR count). The van der Waals surface area contributed by atoms with Gasteiger partial charge in [-0.05, 0) is 37.2 Å². The molecule has 1 aliphatic carbocycles. The van der Waals surface area contributed by atoms with Crippen LogP contribution in [0.3, 0.4) is 0 Å². The van der Waals surface area contributed by atoms with Crippen molar-refractivity contribution in [1.29, 1.82) is 0 Å². The lowest BCUT2D eigenvalue weighted by molar-refractivity contribution is -0.117. The van der Waals surface area contributed by atoms with Crippen LogP contribution in [0.2, 0.25) is 0 Å². The van der Waals surface area contributed by atoms with Crippen molar-refractivity contribution in [3.05, 3.63) is 46.0 Å². The Morgan fingerprint density at radius 2 is 2.24 bits per heavy atom. The van der Waals surface area contributed by atoms with Crippen molar-refractivity contribution < 1.29 is 4.79 Å². The van der Waals surface area contributed by atoms with Gasteiger partial charge in [0.15, 0.2) is 5.13 Å². The fourth-order valence-electron chi connectivity index (χ4n) is 2.39. The number of carbonyl (C=O) groups excluding carboxylic acids is 1. The van der Waals surface area contributed by atoms with Crippen molar-refractivity contribution in [2.45, 2.75) is 32.6 Å². The molecule has 0 saturated heterocycles. The van der Waals surface area contributed by atoms with Crippen molar-refractivity contribution in [1.82, 2.24) is 4.98 Å². The van der Waals surface area contributed by atoms with Crippen LogP contribution in [0.5, 0.6) is 0 Å². The molecule has 0 aromatic carbocycles. The van der Waals surface area contributed by atoms with Crippen LogP contribution in [0, 0.1) is 6.92 Å². The number of aryl methyl sites for hydroxylation is 1. The van der Waals surface area contributed by atoms with E-state index in [9.17, 15) is 4.79 Å². The minimum atomic E-state index is 0.114. The number of amides is 1. The first-order valence-electron chi connectivity index (χ1n) is 7.17. The molecule has 1 amide bonds. The minimum Gasteiger partial charge on any atom is -0.274 e. The highest BCUT2D eigenvalue weighted by molar-refractivity contribution is 8.03. The van der Waals surface area contributed by atoms with Gasteiger partial charge >= 0.3 is 0 Å². The summed E-state index contributed by atoms with van der Waals surface area (Å²) >= 11 is 3.32. The lowest BCUT2D eigenvalue weighted by Gasteiger charge is -2.22. The van der Waals surface area contributed by atoms with E-state index in [1.807, 2.05) is 18.4 Å². The molecule has 1 aromatic rings. The van der Waals surface area contributed by atoms with E-state index in [-0.39, 0.29) is 5.91 Å². The molecule has 110 valence electrons. The maximum Gasteiger partial charge on any atom is 0.238 e. The molecule has 0 atom stereocenters. The van der Waals surface area contributed by atoms with Gasteiger partial charge in [-0.15, -0.1) is 23.1 Å². The molecule has 0 unspecified atom stereocenters. The number of allylic oxidation sites excluding steroid dienone is 4. The molecule has 1 aliphatic heterocycles. The van der Waals surface area contributed by atoms with E-state index < -0.39 is 0 Å². The number of thiazole rings is 1. The van der Waals surface area contributed by atoms with E-state index in [1.54, 1.807) is 16.7 Å². The van der Waals surface area contributed by atoms with Crippen LogP contribution in [-0.4, -0.2) is 16.6 Å². The third-order valence-electron chi connectivity index (χ3n) is 3.38. The highest BCUT2D eigenvalue weighted by atomic mass is 32.2. The SMILES string of the molecule is Cc1csc(N(C(=O)CC2=CCCS2)C2=CCCC=C2)n1. The number of anilines is 1. The maximum atomic E-state index is 12.8. The third-order valence-corrected chi connectivity index (χ3v) is 5.45. The quantitative estimate of drug-likeness (QED) is 0.823. The zero-order chi connectivity index (χ0) is 14.7. The van der Waals surface area contributed by atoms with Gasteiger partial charge in [-0.25, -0.2) is 4.98 Å². The Hall–Kier alpha value is -1.33. The number of rotatable bonds is 4. The number of aromatic nitrogens is 1. The fourth-order valence-corrected chi connectivity index (χ4v) is 4.19. The van der Waals surface area contributed by atoms with Crippen LogP contribution in [0.15, 0.2) is 40.3 Å². The number of hydrogen-bond acceptors (Lipinski definition) is 4. The topological polar surface area (TPSA) is 33.2 Å². The Morgan fingerprint density at radius 3 is 2.86 bits per heavy atom. The number of hydrogen-bond donors (Lipinski definition) is 0. The summed E-state index contributed by atoms with van der Waals surface area (Å²) in [6.45, 7) is 1.96. The first-order valence-corrected chi connectivity index (χ1v) is 9.04. The normalized spacial score (nSPS) is 17.6. The lowest BCUT2D eigenvalue weighted by Crippen LogP contribution is -2.30. The largest absolute Gasteiger partial charge is 0.274 e. The Morgan fingerprint density at radius 1 is 1.33 bits per heavy atom. The summed E-state index contributed by atoms with van der Waals surface area (Å²) in [6.07, 6.45) is 12.1. The van der Waals surface area contributed by atoms with E-state index >= 15 is 0 Å². The summed E-state index contributed by atoms with van der Waals surface area (Å²) in [7, 11) is 0. The van der Waals surface area contributed by atoms with Crippen LogP contribution in [0.25, 0.3) is 0 Å². The molecule has 1 aromatic heterocycles. The summed E-state index contributed by atoms with van der Waals surface area (Å²) in [4.78, 5) is 20.3. The van der Waals surface area contributed by atoms with Gasteiger partial charge in [-0.1, -0.05) is 18.2 Å². The smallest absolute Gasteiger partial charge is 0.238 e. The van der Waals surface area contributed by atoms with Gasteiger partial charge in [0.25, 0.3) is 0 Å². The molecular formula is C16H18N2OS2. The van der Waals surface area contributed by atoms with Gasteiger partial charge < -0.3 is 0 Å². The van der Waals surface area contributed by atoms with Crippen LogP contribution in [0.1, 0.15) is 31.4 Å². The van der Waals surface area contributed by atoms with Crippen molar-refractivity contribution in [2.24, 2.45) is 0 Å². The molecule has 0 radical (unpaired) electrons. The zero-order valence-corrected chi connectivity index (χ0v) is 13.7. The minimum absolute atomic E-state index is 0.114. The molecule has 0 N–H and O–H groups in total. The standard InChI is InChI=1S/C16H18N2OS2/c1-12-11-21-16(17-12)18(13-6-3-2-4-7-13)15(19)10-14-8-5-9-20-14/h3,6-8,11H,2,4-5,9-10H2,1H3. The van der Waals surface area contributed by atoms with Gasteiger partial charge in [0, 0.05) is 16.8 Å².